The molecule has 0 spiro atoms. The van der Waals surface area contributed by atoms with Gasteiger partial charge in [-0.1, -0.05) is 128 Å². The Morgan fingerprint density at radius 3 is 1.61 bits per heavy atom. The molecule has 0 radical (unpaired) electrons. The number of hydrogen-bond acceptors (Lipinski definition) is 7. The highest BCUT2D eigenvalue weighted by atomic mass is 16.6. The minimum absolute atomic E-state index is 0.104. The topological polar surface area (TPSA) is 105 Å². The van der Waals surface area contributed by atoms with Crippen molar-refractivity contribution in [3.05, 3.63) is 106 Å². The van der Waals surface area contributed by atoms with Crippen LogP contribution in [0, 0.1) is 10.1 Å². The largest absolute Gasteiger partial charge is 0.494 e. The summed E-state index contributed by atoms with van der Waals surface area (Å²) < 4.78 is 16.7. The first-order chi connectivity index (χ1) is 24.9. The summed E-state index contributed by atoms with van der Waals surface area (Å²) in [5.74, 6) is 0.0579. The molecule has 0 saturated heterocycles. The molecule has 0 heterocycles. The summed E-state index contributed by atoms with van der Waals surface area (Å²) in [6, 6.07) is 18.4. The Morgan fingerprint density at radius 2 is 1.10 bits per heavy atom. The number of carbonyl (C=O) groups excluding carboxylic acids is 2. The average Bonchev–Trinajstić information content (AvgIpc) is 3.14. The lowest BCUT2D eigenvalue weighted by molar-refractivity contribution is -0.385. The van der Waals surface area contributed by atoms with Crippen LogP contribution in [0.15, 0.2) is 78.9 Å². The highest BCUT2D eigenvalue weighted by Crippen LogP contribution is 2.29. The van der Waals surface area contributed by atoms with Gasteiger partial charge in [-0.3, -0.25) is 14.9 Å². The maximum atomic E-state index is 12.8. The minimum atomic E-state index is -0.782. The zero-order chi connectivity index (χ0) is 36.5. The van der Waals surface area contributed by atoms with Gasteiger partial charge in [0.2, 0.25) is 5.75 Å². The van der Waals surface area contributed by atoms with Gasteiger partial charge in [0.1, 0.15) is 11.5 Å². The van der Waals surface area contributed by atoms with Crippen molar-refractivity contribution in [2.24, 2.45) is 0 Å². The van der Waals surface area contributed by atoms with Crippen molar-refractivity contribution >= 4 is 29.6 Å². The maximum absolute atomic E-state index is 12.8. The summed E-state index contributed by atoms with van der Waals surface area (Å²) in [4.78, 5) is 36.3. The van der Waals surface area contributed by atoms with Gasteiger partial charge in [0, 0.05) is 17.7 Å². The van der Waals surface area contributed by atoms with Crippen molar-refractivity contribution in [3.63, 3.8) is 0 Å². The van der Waals surface area contributed by atoms with E-state index in [1.54, 1.807) is 36.4 Å². The molecule has 0 aromatic heterocycles. The van der Waals surface area contributed by atoms with Crippen LogP contribution < -0.4 is 14.2 Å². The van der Waals surface area contributed by atoms with Crippen LogP contribution in [0.5, 0.6) is 17.2 Å². The second-order valence-electron chi connectivity index (χ2n) is 12.8. The fraction of sp³-hybridized carbons (Fsp3) is 0.442. The number of rotatable bonds is 26. The van der Waals surface area contributed by atoms with E-state index in [2.05, 4.69) is 6.92 Å². The van der Waals surface area contributed by atoms with Crippen LogP contribution in [0.1, 0.15) is 132 Å². The van der Waals surface area contributed by atoms with E-state index >= 15 is 0 Å². The van der Waals surface area contributed by atoms with E-state index in [1.165, 1.54) is 108 Å². The Morgan fingerprint density at radius 1 is 0.608 bits per heavy atom. The molecule has 3 aromatic carbocycles. The third-order valence-corrected chi connectivity index (χ3v) is 8.49. The molecule has 0 aliphatic carbocycles. The SMILES string of the molecule is CCCCCCCCCCCCCCCCOc1ccc(/C=C/C(=O)c2ccc(OC(=O)/C=C/c3ccc(OCCC)cc3)c([N+](=O)[O-])c2)cc1. The smallest absolute Gasteiger partial charge is 0.336 e. The molecule has 0 saturated carbocycles. The van der Waals surface area contributed by atoms with E-state index in [-0.39, 0.29) is 11.3 Å². The van der Waals surface area contributed by atoms with Crippen LogP contribution in [-0.2, 0) is 4.79 Å². The Balaban J connectivity index is 1.36. The lowest BCUT2D eigenvalue weighted by Crippen LogP contribution is -2.07. The first-order valence-corrected chi connectivity index (χ1v) is 18.8. The van der Waals surface area contributed by atoms with Crippen molar-refractivity contribution in [1.29, 1.82) is 0 Å². The molecular weight excluding hydrogens is 642 g/mol. The maximum Gasteiger partial charge on any atom is 0.336 e. The molecule has 0 amide bonds. The molecule has 0 N–H and O–H groups in total. The number of nitrogens with zero attached hydrogens (tertiary/aromatic N) is 1. The highest BCUT2D eigenvalue weighted by molar-refractivity contribution is 6.07. The first-order valence-electron chi connectivity index (χ1n) is 18.8. The zero-order valence-corrected chi connectivity index (χ0v) is 30.5. The third kappa shape index (κ3) is 16.7. The van der Waals surface area contributed by atoms with Crippen LogP contribution in [-0.4, -0.2) is 29.9 Å². The lowest BCUT2D eigenvalue weighted by atomic mass is 10.0. The number of hydrogen-bond donors (Lipinski definition) is 0. The number of unbranched alkanes of at least 4 members (excludes halogenated alkanes) is 13. The predicted octanol–water partition coefficient (Wildman–Crippen LogP) is 11.8. The molecular formula is C43H55NO7. The molecule has 3 rings (SSSR count). The number of nitro groups is 1. The van der Waals surface area contributed by atoms with Gasteiger partial charge >= 0.3 is 11.7 Å². The Bertz CT molecular complexity index is 1530. The van der Waals surface area contributed by atoms with Crippen molar-refractivity contribution in [2.45, 2.75) is 110 Å². The van der Waals surface area contributed by atoms with Crippen molar-refractivity contribution in [2.75, 3.05) is 13.2 Å². The van der Waals surface area contributed by atoms with Gasteiger partial charge < -0.3 is 14.2 Å². The number of carbonyl (C=O) groups is 2. The van der Waals surface area contributed by atoms with E-state index in [1.807, 2.05) is 31.2 Å². The third-order valence-electron chi connectivity index (χ3n) is 8.49. The zero-order valence-electron chi connectivity index (χ0n) is 30.5. The number of ketones is 1. The quantitative estimate of drug-likeness (QED) is 0.0156. The molecule has 0 fully saturated rings. The standard InChI is InChI=1S/C43H55NO7/c1-3-5-6-7-8-9-10-11-12-13-14-15-16-17-33-50-39-27-18-35(19-28-39)22-29-41(45)37-24-30-42(40(34-37)44(47)48)51-43(46)31-23-36-20-25-38(26-21-36)49-32-4-2/h18-31,34H,3-17,32-33H2,1-2H3/b29-22+,31-23+. The van der Waals surface area contributed by atoms with Gasteiger partial charge in [-0.25, -0.2) is 4.79 Å². The molecule has 0 unspecified atom stereocenters. The van der Waals surface area contributed by atoms with Gasteiger partial charge in [0.25, 0.3) is 0 Å². The summed E-state index contributed by atoms with van der Waals surface area (Å²) >= 11 is 0. The fourth-order valence-corrected chi connectivity index (χ4v) is 5.53. The number of esters is 1. The number of allylic oxidation sites excluding steroid dienone is 1. The molecule has 0 aliphatic heterocycles. The lowest BCUT2D eigenvalue weighted by Gasteiger charge is -2.07. The number of ether oxygens (including phenoxy) is 3. The molecule has 8 nitrogen and oxygen atoms in total. The molecule has 51 heavy (non-hydrogen) atoms. The van der Waals surface area contributed by atoms with Crippen LogP contribution in [0.25, 0.3) is 12.2 Å². The summed E-state index contributed by atoms with van der Waals surface area (Å²) in [5.41, 5.74) is 1.16. The number of nitro benzene ring substituents is 1. The van der Waals surface area contributed by atoms with E-state index in [9.17, 15) is 19.7 Å². The van der Waals surface area contributed by atoms with E-state index in [4.69, 9.17) is 14.2 Å². The average molecular weight is 698 g/mol. The second-order valence-corrected chi connectivity index (χ2v) is 12.8. The first kappa shape index (κ1) is 40.7. The van der Waals surface area contributed by atoms with Crippen molar-refractivity contribution < 1.29 is 28.7 Å². The minimum Gasteiger partial charge on any atom is -0.494 e. The summed E-state index contributed by atoms with van der Waals surface area (Å²) in [6.45, 7) is 5.58. The second kappa shape index (κ2) is 24.4. The molecule has 274 valence electrons. The van der Waals surface area contributed by atoms with Crippen LogP contribution >= 0.6 is 0 Å². The molecule has 8 heteroatoms. The molecule has 3 aromatic rings. The Hall–Kier alpha value is -4.72. The van der Waals surface area contributed by atoms with E-state index < -0.39 is 22.4 Å². The Kier molecular flexibility index (Phi) is 19.5. The van der Waals surface area contributed by atoms with E-state index in [0.717, 1.165) is 41.5 Å². The Labute approximate surface area is 304 Å². The van der Waals surface area contributed by atoms with Crippen LogP contribution in [0.4, 0.5) is 5.69 Å². The molecule has 0 aliphatic rings. The molecule has 0 atom stereocenters. The van der Waals surface area contributed by atoms with Crippen molar-refractivity contribution in [3.8, 4) is 17.2 Å². The molecule has 0 bridgehead atoms. The normalized spacial score (nSPS) is 11.3. The van der Waals surface area contributed by atoms with Crippen LogP contribution in [0.2, 0.25) is 0 Å². The summed E-state index contributed by atoms with van der Waals surface area (Å²) in [6.07, 6.45) is 25.1. The fourth-order valence-electron chi connectivity index (χ4n) is 5.53. The van der Waals surface area contributed by atoms with Gasteiger partial charge in [-0.2, -0.15) is 0 Å². The summed E-state index contributed by atoms with van der Waals surface area (Å²) in [7, 11) is 0. The predicted molar refractivity (Wildman–Crippen MR) is 206 cm³/mol. The van der Waals surface area contributed by atoms with Gasteiger partial charge in [0.15, 0.2) is 5.78 Å². The van der Waals surface area contributed by atoms with Gasteiger partial charge in [0.05, 0.1) is 18.1 Å². The monoisotopic (exact) mass is 697 g/mol. The van der Waals surface area contributed by atoms with Gasteiger partial charge in [-0.05, 0) is 72.5 Å². The van der Waals surface area contributed by atoms with E-state index in [0.29, 0.717) is 13.2 Å². The summed E-state index contributed by atoms with van der Waals surface area (Å²) in [5, 5.41) is 11.7. The number of benzene rings is 3. The van der Waals surface area contributed by atoms with Gasteiger partial charge in [-0.15, -0.1) is 0 Å². The van der Waals surface area contributed by atoms with Crippen LogP contribution in [0.3, 0.4) is 0 Å². The van der Waals surface area contributed by atoms with Crippen molar-refractivity contribution in [1.82, 2.24) is 0 Å². The highest BCUT2D eigenvalue weighted by Gasteiger charge is 2.20.